The summed E-state index contributed by atoms with van der Waals surface area (Å²) < 4.78 is 16.2. The van der Waals surface area contributed by atoms with Crippen molar-refractivity contribution in [3.63, 3.8) is 0 Å². The number of hydrogen-bond donors (Lipinski definition) is 2. The number of aromatic nitrogens is 2. The first-order valence-electron chi connectivity index (χ1n) is 7.80. The summed E-state index contributed by atoms with van der Waals surface area (Å²) in [4.78, 5) is 32.0. The molecule has 1 aromatic heterocycles. The van der Waals surface area contributed by atoms with Crippen LogP contribution in [-0.4, -0.2) is 43.5 Å². The number of hydrogen-bond acceptors (Lipinski definition) is 7. The van der Waals surface area contributed by atoms with E-state index in [9.17, 15) is 9.59 Å². The Morgan fingerprint density at radius 2 is 1.85 bits per heavy atom. The number of methoxy groups -OCH3 is 3. The van der Waals surface area contributed by atoms with E-state index in [1.54, 1.807) is 18.4 Å². The summed E-state index contributed by atoms with van der Waals surface area (Å²) in [7, 11) is 4.54. The Balaban J connectivity index is 2.23. The normalized spacial score (nSPS) is 15.8. The van der Waals surface area contributed by atoms with Gasteiger partial charge in [-0.15, -0.1) is 0 Å². The van der Waals surface area contributed by atoms with Crippen LogP contribution in [0.5, 0.6) is 17.2 Å². The van der Waals surface area contributed by atoms with Gasteiger partial charge >= 0.3 is 0 Å². The van der Waals surface area contributed by atoms with Gasteiger partial charge in [-0.3, -0.25) is 9.59 Å². The van der Waals surface area contributed by atoms with Gasteiger partial charge < -0.3 is 24.5 Å². The smallest absolute Gasteiger partial charge is 0.257 e. The van der Waals surface area contributed by atoms with Crippen LogP contribution >= 0.6 is 11.8 Å². The van der Waals surface area contributed by atoms with Gasteiger partial charge in [0.25, 0.3) is 5.56 Å². The van der Waals surface area contributed by atoms with Crippen LogP contribution in [0.15, 0.2) is 22.1 Å². The van der Waals surface area contributed by atoms with Crippen LogP contribution in [0.2, 0.25) is 0 Å². The van der Waals surface area contributed by atoms with E-state index in [-0.39, 0.29) is 23.7 Å². The maximum absolute atomic E-state index is 12.7. The number of benzene rings is 1. The minimum absolute atomic E-state index is 0.0994. The minimum Gasteiger partial charge on any atom is -0.493 e. The predicted octanol–water partition coefficient (Wildman–Crippen LogP) is 1.99. The fraction of sp³-hybridized carbons (Fsp3) is 0.353. The number of rotatable bonds is 5. The molecule has 0 fully saturated rings. The third-order valence-electron chi connectivity index (χ3n) is 4.23. The number of amides is 1. The maximum Gasteiger partial charge on any atom is 0.257 e. The topological polar surface area (TPSA) is 103 Å². The Bertz CT molecular complexity index is 912. The number of aromatic amines is 1. The molecule has 0 saturated heterocycles. The van der Waals surface area contributed by atoms with E-state index in [2.05, 4.69) is 15.3 Å². The molecule has 1 atom stereocenters. The second-order valence-electron chi connectivity index (χ2n) is 5.57. The Labute approximate surface area is 154 Å². The Hall–Kier alpha value is -2.68. The fourth-order valence-electron chi connectivity index (χ4n) is 3.11. The van der Waals surface area contributed by atoms with E-state index in [1.807, 2.05) is 0 Å². The van der Waals surface area contributed by atoms with Crippen LogP contribution in [0.1, 0.15) is 23.5 Å². The molecule has 26 heavy (non-hydrogen) atoms. The van der Waals surface area contributed by atoms with E-state index >= 15 is 0 Å². The molecule has 2 aromatic rings. The molecule has 9 heteroatoms. The van der Waals surface area contributed by atoms with E-state index in [4.69, 9.17) is 14.2 Å². The first kappa shape index (κ1) is 18.1. The molecule has 1 aromatic carbocycles. The minimum atomic E-state index is -0.513. The summed E-state index contributed by atoms with van der Waals surface area (Å²) >= 11 is 1.29. The second-order valence-corrected chi connectivity index (χ2v) is 6.36. The van der Waals surface area contributed by atoms with Gasteiger partial charge in [-0.25, -0.2) is 4.98 Å². The molecule has 0 bridgehead atoms. The van der Waals surface area contributed by atoms with Gasteiger partial charge in [0.1, 0.15) is 5.82 Å². The molecule has 2 heterocycles. The Morgan fingerprint density at radius 3 is 2.46 bits per heavy atom. The van der Waals surface area contributed by atoms with E-state index in [1.165, 1.54) is 33.1 Å². The monoisotopic (exact) mass is 377 g/mol. The van der Waals surface area contributed by atoms with Crippen LogP contribution in [0.3, 0.4) is 0 Å². The summed E-state index contributed by atoms with van der Waals surface area (Å²) in [5, 5.41) is 3.12. The summed E-state index contributed by atoms with van der Waals surface area (Å²) in [5.41, 5.74) is 0.763. The molecule has 0 unspecified atom stereocenters. The molecule has 0 radical (unpaired) electrons. The summed E-state index contributed by atoms with van der Waals surface area (Å²) in [6.07, 6.45) is 1.90. The predicted molar refractivity (Wildman–Crippen MR) is 97.8 cm³/mol. The van der Waals surface area contributed by atoms with Gasteiger partial charge in [0.15, 0.2) is 16.7 Å². The first-order valence-corrected chi connectivity index (χ1v) is 9.03. The zero-order chi connectivity index (χ0) is 18.8. The Morgan fingerprint density at radius 1 is 1.12 bits per heavy atom. The van der Waals surface area contributed by atoms with Crippen molar-refractivity contribution in [3.8, 4) is 17.2 Å². The van der Waals surface area contributed by atoms with Crippen molar-refractivity contribution in [1.82, 2.24) is 9.97 Å². The van der Waals surface area contributed by atoms with Crippen LogP contribution in [0.25, 0.3) is 0 Å². The summed E-state index contributed by atoms with van der Waals surface area (Å²) in [6, 6.07) is 3.50. The van der Waals surface area contributed by atoms with Crippen LogP contribution in [0.4, 0.5) is 5.82 Å². The van der Waals surface area contributed by atoms with Crippen molar-refractivity contribution in [1.29, 1.82) is 0 Å². The highest BCUT2D eigenvalue weighted by Crippen LogP contribution is 2.46. The standard InChI is InChI=1S/C17H19N3O5S/c1-23-10-6-5-8(13(24-2)14(10)25-3)9-7-11(21)18-15-12(9)16(22)20-17(19-15)26-4/h5-6,9H,7H2,1-4H3,(H2,18,19,20,21,22)/t9-/m0/s1. The molecule has 2 N–H and O–H groups in total. The average Bonchev–Trinajstić information content (AvgIpc) is 2.65. The van der Waals surface area contributed by atoms with Crippen molar-refractivity contribution < 1.29 is 19.0 Å². The van der Waals surface area contributed by atoms with Gasteiger partial charge in [0, 0.05) is 17.9 Å². The van der Waals surface area contributed by atoms with E-state index < -0.39 is 5.92 Å². The molecule has 1 amide bonds. The number of thioether (sulfide) groups is 1. The molecule has 138 valence electrons. The maximum atomic E-state index is 12.7. The first-order chi connectivity index (χ1) is 12.5. The zero-order valence-electron chi connectivity index (χ0n) is 14.8. The third-order valence-corrected chi connectivity index (χ3v) is 4.81. The van der Waals surface area contributed by atoms with Crippen molar-refractivity contribution in [3.05, 3.63) is 33.6 Å². The Kier molecular flexibility index (Phi) is 5.08. The van der Waals surface area contributed by atoms with Crippen molar-refractivity contribution in [2.24, 2.45) is 0 Å². The summed E-state index contributed by atoms with van der Waals surface area (Å²) in [5.74, 6) is 0.871. The highest BCUT2D eigenvalue weighted by atomic mass is 32.2. The number of anilines is 1. The largest absolute Gasteiger partial charge is 0.493 e. The van der Waals surface area contributed by atoms with E-state index in [0.717, 1.165) is 0 Å². The van der Waals surface area contributed by atoms with Gasteiger partial charge in [-0.1, -0.05) is 17.8 Å². The van der Waals surface area contributed by atoms with Crippen LogP contribution in [-0.2, 0) is 4.79 Å². The number of nitrogens with zero attached hydrogens (tertiary/aromatic N) is 1. The SMILES string of the molecule is COc1ccc([C@@H]2CC(=O)Nc3nc(SC)[nH]c(=O)c32)c(OC)c1OC. The average molecular weight is 377 g/mol. The lowest BCUT2D eigenvalue weighted by molar-refractivity contribution is -0.116. The lowest BCUT2D eigenvalue weighted by Crippen LogP contribution is -2.31. The number of ether oxygens (including phenoxy) is 3. The molecule has 3 rings (SSSR count). The lowest BCUT2D eigenvalue weighted by atomic mass is 9.86. The number of nitrogens with one attached hydrogen (secondary N) is 2. The van der Waals surface area contributed by atoms with Crippen molar-refractivity contribution >= 4 is 23.5 Å². The molecule has 0 saturated carbocycles. The second kappa shape index (κ2) is 7.28. The molecule has 0 aliphatic carbocycles. The van der Waals surface area contributed by atoms with Crippen LogP contribution in [0, 0.1) is 0 Å². The highest BCUT2D eigenvalue weighted by Gasteiger charge is 2.34. The molecular weight excluding hydrogens is 358 g/mol. The summed E-state index contributed by atoms with van der Waals surface area (Å²) in [6.45, 7) is 0. The van der Waals surface area contributed by atoms with Crippen LogP contribution < -0.4 is 25.1 Å². The highest BCUT2D eigenvalue weighted by molar-refractivity contribution is 7.98. The molecule has 1 aliphatic rings. The number of carbonyl (C=O) groups is 1. The van der Waals surface area contributed by atoms with Gasteiger partial charge in [0.2, 0.25) is 11.7 Å². The van der Waals surface area contributed by atoms with Gasteiger partial charge in [-0.2, -0.15) is 0 Å². The lowest BCUT2D eigenvalue weighted by Gasteiger charge is -2.26. The van der Waals surface area contributed by atoms with Gasteiger partial charge in [0.05, 0.1) is 26.9 Å². The van der Waals surface area contributed by atoms with Crippen molar-refractivity contribution in [2.45, 2.75) is 17.5 Å². The molecule has 0 spiro atoms. The number of H-pyrrole nitrogens is 1. The third kappa shape index (κ3) is 2.98. The van der Waals surface area contributed by atoms with E-state index in [0.29, 0.717) is 33.5 Å². The quantitative estimate of drug-likeness (QED) is 0.607. The number of carbonyl (C=O) groups excluding carboxylic acids is 1. The zero-order valence-corrected chi connectivity index (χ0v) is 15.7. The molecule has 1 aliphatic heterocycles. The van der Waals surface area contributed by atoms with Gasteiger partial charge in [-0.05, 0) is 12.3 Å². The number of fused-ring (bicyclic) bond motifs is 1. The fourth-order valence-corrected chi connectivity index (χ4v) is 3.49. The molecule has 8 nitrogen and oxygen atoms in total. The van der Waals surface area contributed by atoms with Crippen molar-refractivity contribution in [2.75, 3.05) is 32.9 Å². The molecular formula is C17H19N3O5S.